The maximum atomic E-state index is 14.0. The van der Waals surface area contributed by atoms with Gasteiger partial charge in [0.25, 0.3) is 0 Å². The molecule has 0 radical (unpaired) electrons. The van der Waals surface area contributed by atoms with Crippen LogP contribution in [0, 0.1) is 0 Å². The Morgan fingerprint density at radius 1 is 1.00 bits per heavy atom. The van der Waals surface area contributed by atoms with Crippen molar-refractivity contribution in [2.75, 3.05) is 12.0 Å². The van der Waals surface area contributed by atoms with Gasteiger partial charge in [0, 0.05) is 40.1 Å². The zero-order chi connectivity index (χ0) is 33.8. The van der Waals surface area contributed by atoms with Gasteiger partial charge in [-0.2, -0.15) is 13.2 Å². The quantitative estimate of drug-likeness (QED) is 0.127. The van der Waals surface area contributed by atoms with Crippen LogP contribution >= 0.6 is 11.3 Å². The zero-order valence-corrected chi connectivity index (χ0v) is 26.3. The van der Waals surface area contributed by atoms with Crippen LogP contribution < -0.4 is 9.64 Å². The number of fused-ring (bicyclic) bond motifs is 2. The third-order valence-corrected chi connectivity index (χ3v) is 9.88. The Morgan fingerprint density at radius 2 is 1.73 bits per heavy atom. The van der Waals surface area contributed by atoms with Gasteiger partial charge in [0.15, 0.2) is 5.13 Å². The Morgan fingerprint density at radius 3 is 2.40 bits per heavy atom. The summed E-state index contributed by atoms with van der Waals surface area (Å²) in [6.45, 7) is 0.0955. The number of methoxy groups -OCH3 is 1. The Kier molecular flexibility index (Phi) is 8.38. The Balaban J connectivity index is 1.08. The topological polar surface area (TPSA) is 86.9 Å². The van der Waals surface area contributed by atoms with E-state index < -0.39 is 24.1 Å². The average molecular weight is 694 g/mol. The number of aromatic nitrogens is 2. The summed E-state index contributed by atoms with van der Waals surface area (Å²) in [6.07, 6.45) is -4.99. The highest BCUT2D eigenvalue weighted by Gasteiger charge is 2.44. The van der Waals surface area contributed by atoms with Crippen molar-refractivity contribution in [1.29, 1.82) is 0 Å². The molecule has 7 rings (SSSR count). The van der Waals surface area contributed by atoms with Gasteiger partial charge in [-0.05, 0) is 62.8 Å². The molecule has 4 heterocycles. The van der Waals surface area contributed by atoms with E-state index in [9.17, 15) is 31.1 Å². The first kappa shape index (κ1) is 32.4. The number of piperidine rings is 1. The molecule has 0 N–H and O–H groups in total. The fraction of sp³-hybridized carbons (Fsp3) is 0.424. The zero-order valence-electron chi connectivity index (χ0n) is 25.4. The molecule has 4 aromatic rings. The van der Waals surface area contributed by atoms with Gasteiger partial charge in [0.05, 0.1) is 36.6 Å². The van der Waals surface area contributed by atoms with Gasteiger partial charge >= 0.3 is 18.5 Å². The molecule has 8 nitrogen and oxygen atoms in total. The van der Waals surface area contributed by atoms with Gasteiger partial charge < -0.3 is 23.6 Å². The van der Waals surface area contributed by atoms with Crippen LogP contribution in [0.25, 0.3) is 22.5 Å². The minimum Gasteiger partial charge on any atom is -0.465 e. The molecule has 2 saturated heterocycles. The first-order chi connectivity index (χ1) is 22.9. The average Bonchev–Trinajstić information content (AvgIpc) is 3.51. The van der Waals surface area contributed by atoms with Crippen LogP contribution in [0.2, 0.25) is 0 Å². The van der Waals surface area contributed by atoms with Crippen LogP contribution in [0.3, 0.4) is 0 Å². The molecule has 15 heteroatoms. The predicted molar refractivity (Wildman–Crippen MR) is 162 cm³/mol. The predicted octanol–water partition coefficient (Wildman–Crippen LogP) is 8.76. The fourth-order valence-electron chi connectivity index (χ4n) is 6.75. The van der Waals surface area contributed by atoms with Crippen LogP contribution in [-0.2, 0) is 22.3 Å². The van der Waals surface area contributed by atoms with Crippen LogP contribution in [0.15, 0.2) is 52.4 Å². The SMILES string of the molecule is COC(=O)c1ccc(-c2csc(N3[C@@H]4CC[C@H]3C[C@@H](OCc3c(-c5ccccc5OC(F)(F)F)noc3C3CC3)C4)n2)c(C(F)(F)F)c1. The number of esters is 1. The van der Waals surface area contributed by atoms with Gasteiger partial charge in [0.1, 0.15) is 17.2 Å². The van der Waals surface area contributed by atoms with E-state index in [0.29, 0.717) is 29.3 Å². The second kappa shape index (κ2) is 12.4. The largest absolute Gasteiger partial charge is 0.573 e. The number of anilines is 1. The Hall–Kier alpha value is -4.11. The number of hydrogen-bond donors (Lipinski definition) is 0. The number of benzene rings is 2. The number of hydrogen-bond acceptors (Lipinski definition) is 9. The maximum Gasteiger partial charge on any atom is 0.573 e. The molecule has 0 amide bonds. The van der Waals surface area contributed by atoms with Crippen molar-refractivity contribution < 1.29 is 49.9 Å². The fourth-order valence-corrected chi connectivity index (χ4v) is 7.71. The van der Waals surface area contributed by atoms with Gasteiger partial charge in [-0.25, -0.2) is 9.78 Å². The number of carbonyl (C=O) groups is 1. The van der Waals surface area contributed by atoms with E-state index in [2.05, 4.69) is 24.5 Å². The second-order valence-corrected chi connectivity index (χ2v) is 13.0. The van der Waals surface area contributed by atoms with Crippen molar-refractivity contribution >= 4 is 22.4 Å². The van der Waals surface area contributed by atoms with Gasteiger partial charge in [-0.15, -0.1) is 24.5 Å². The summed E-state index contributed by atoms with van der Waals surface area (Å²) in [5, 5.41) is 6.35. The van der Waals surface area contributed by atoms with Gasteiger partial charge in [-0.1, -0.05) is 23.4 Å². The summed E-state index contributed by atoms with van der Waals surface area (Å²) in [7, 11) is 1.10. The number of thiazole rings is 1. The number of nitrogens with zero attached hydrogens (tertiary/aromatic N) is 3. The highest BCUT2D eigenvalue weighted by molar-refractivity contribution is 7.14. The number of alkyl halides is 6. The Bertz CT molecular complexity index is 1800. The highest BCUT2D eigenvalue weighted by atomic mass is 32.1. The van der Waals surface area contributed by atoms with Gasteiger partial charge in [0.2, 0.25) is 0 Å². The van der Waals surface area contributed by atoms with E-state index in [0.717, 1.165) is 38.9 Å². The number of ether oxygens (including phenoxy) is 3. The lowest BCUT2D eigenvalue weighted by Crippen LogP contribution is -2.45. The molecule has 2 aromatic heterocycles. The monoisotopic (exact) mass is 693 g/mol. The normalized spacial score (nSPS) is 21.1. The molecule has 254 valence electrons. The second-order valence-electron chi connectivity index (χ2n) is 12.2. The van der Waals surface area contributed by atoms with Crippen LogP contribution in [0.1, 0.15) is 71.7 Å². The maximum absolute atomic E-state index is 14.0. The lowest BCUT2D eigenvalue weighted by Gasteiger charge is -2.38. The molecule has 0 unspecified atom stereocenters. The van der Waals surface area contributed by atoms with E-state index in [1.165, 1.54) is 41.7 Å². The van der Waals surface area contributed by atoms with Crippen molar-refractivity contribution in [3.05, 3.63) is 70.3 Å². The lowest BCUT2D eigenvalue weighted by molar-refractivity contribution is -0.274. The molecule has 2 aromatic carbocycles. The molecule has 3 atom stereocenters. The molecule has 1 aliphatic carbocycles. The Labute approximate surface area is 274 Å². The molecule has 2 bridgehead atoms. The molecule has 0 spiro atoms. The molecule has 48 heavy (non-hydrogen) atoms. The number of halogens is 6. The summed E-state index contributed by atoms with van der Waals surface area (Å²) >= 11 is 1.26. The lowest BCUT2D eigenvalue weighted by atomic mass is 9.99. The van der Waals surface area contributed by atoms with E-state index in [1.807, 2.05) is 0 Å². The van der Waals surface area contributed by atoms with Crippen molar-refractivity contribution in [2.24, 2.45) is 0 Å². The summed E-state index contributed by atoms with van der Waals surface area (Å²) in [4.78, 5) is 18.7. The van der Waals surface area contributed by atoms with Crippen molar-refractivity contribution in [1.82, 2.24) is 10.1 Å². The summed E-state index contributed by atoms with van der Waals surface area (Å²) < 4.78 is 102. The first-order valence-corrected chi connectivity index (χ1v) is 16.3. The number of rotatable bonds is 9. The van der Waals surface area contributed by atoms with Crippen molar-refractivity contribution in [2.45, 2.75) is 81.8 Å². The van der Waals surface area contributed by atoms with E-state index in [4.69, 9.17) is 9.26 Å². The minimum absolute atomic E-state index is 0.0438. The molecule has 2 aliphatic heterocycles. The summed E-state index contributed by atoms with van der Waals surface area (Å²) in [5.74, 6) is -0.498. The molecule has 1 saturated carbocycles. The summed E-state index contributed by atoms with van der Waals surface area (Å²) in [5.41, 5.74) is -0.110. The van der Waals surface area contributed by atoms with E-state index >= 15 is 0 Å². The van der Waals surface area contributed by atoms with Crippen LogP contribution in [-0.4, -0.2) is 47.8 Å². The molecular formula is C33H29F6N3O5S. The third kappa shape index (κ3) is 6.49. The molecule has 3 fully saturated rings. The first-order valence-electron chi connectivity index (χ1n) is 15.4. The van der Waals surface area contributed by atoms with Crippen molar-refractivity contribution in [3.8, 4) is 28.3 Å². The van der Waals surface area contributed by atoms with Crippen LogP contribution in [0.4, 0.5) is 31.5 Å². The standard InChI is InChI=1S/C33H29F6N3O5S/c1-44-30(43)18-8-11-22(25(12-18)32(34,35)36)26-16-48-31(40-26)42-19-9-10-20(42)14-21(13-19)45-15-24-28(41-47-29(24)17-6-7-17)23-4-2-3-5-27(23)46-33(37,38)39/h2-5,8,11-12,16-17,19-21H,6-7,9-10,13-15H2,1H3/t19-,20+,21+. The van der Waals surface area contributed by atoms with Crippen LogP contribution in [0.5, 0.6) is 5.75 Å². The summed E-state index contributed by atoms with van der Waals surface area (Å²) in [6, 6.07) is 9.20. The van der Waals surface area contributed by atoms with E-state index in [-0.39, 0.29) is 64.5 Å². The smallest absolute Gasteiger partial charge is 0.465 e. The van der Waals surface area contributed by atoms with Crippen molar-refractivity contribution in [3.63, 3.8) is 0 Å². The number of carbonyl (C=O) groups excluding carboxylic acids is 1. The minimum atomic E-state index is -4.88. The highest BCUT2D eigenvalue weighted by Crippen LogP contribution is 2.47. The number of para-hydroxylation sites is 1. The van der Waals surface area contributed by atoms with E-state index in [1.54, 1.807) is 11.4 Å². The molecule has 3 aliphatic rings. The van der Waals surface area contributed by atoms with Gasteiger partial charge in [-0.3, -0.25) is 0 Å². The third-order valence-electron chi connectivity index (χ3n) is 9.02. The molecular weight excluding hydrogens is 664 g/mol.